The normalized spacial score (nSPS) is 20.1. The fourth-order valence-electron chi connectivity index (χ4n) is 5.05. The van der Waals surface area contributed by atoms with Crippen LogP contribution in [0.3, 0.4) is 0 Å². The van der Waals surface area contributed by atoms with Crippen molar-refractivity contribution in [3.63, 3.8) is 0 Å². The fourth-order valence-corrected chi connectivity index (χ4v) is 6.31. The third-order valence-corrected chi connectivity index (χ3v) is 8.29. The zero-order valence-corrected chi connectivity index (χ0v) is 22.7. The molecule has 0 aromatic heterocycles. The first-order valence-corrected chi connectivity index (χ1v) is 14.3. The smallest absolute Gasteiger partial charge is 0.334 e. The maximum Gasteiger partial charge on any atom is 0.334 e. The number of rotatable bonds is 10. The number of nitrogens with zero attached hydrogens (tertiary/aromatic N) is 1. The van der Waals surface area contributed by atoms with Crippen LogP contribution in [0.15, 0.2) is 102 Å². The van der Waals surface area contributed by atoms with Crippen molar-refractivity contribution < 1.29 is 19.1 Å². The van der Waals surface area contributed by atoms with Gasteiger partial charge in [-0.25, -0.2) is 4.79 Å². The van der Waals surface area contributed by atoms with E-state index in [1.807, 2.05) is 96.4 Å². The summed E-state index contributed by atoms with van der Waals surface area (Å²) in [7, 11) is 0. The van der Waals surface area contributed by atoms with Gasteiger partial charge in [0.2, 0.25) is 11.8 Å². The van der Waals surface area contributed by atoms with Gasteiger partial charge < -0.3 is 15.0 Å². The van der Waals surface area contributed by atoms with Crippen LogP contribution in [0.1, 0.15) is 49.0 Å². The minimum Gasteiger partial charge on any atom is -0.451 e. The molecule has 3 aromatic rings. The zero-order valence-electron chi connectivity index (χ0n) is 21.9. The highest BCUT2D eigenvalue weighted by molar-refractivity contribution is 8.02. The Labute approximate surface area is 233 Å². The summed E-state index contributed by atoms with van der Waals surface area (Å²) < 4.78 is 6.20. The number of esters is 1. The number of unbranched alkanes of at least 4 members (excludes halogenated alkanes) is 1. The van der Waals surface area contributed by atoms with Gasteiger partial charge in [-0.15, -0.1) is 11.8 Å². The molecule has 0 unspecified atom stereocenters. The number of β-lactam (4-membered cyclic amide) rings is 1. The highest BCUT2D eigenvalue weighted by Crippen LogP contribution is 2.42. The average molecular weight is 541 g/mol. The van der Waals surface area contributed by atoms with Gasteiger partial charge in [0.05, 0.1) is 6.42 Å². The molecule has 2 aliphatic rings. The van der Waals surface area contributed by atoms with Gasteiger partial charge in [0, 0.05) is 0 Å². The average Bonchev–Trinajstić information content (AvgIpc) is 2.98. The van der Waals surface area contributed by atoms with Crippen molar-refractivity contribution >= 4 is 29.5 Å². The molecule has 3 atom stereocenters. The van der Waals surface area contributed by atoms with E-state index in [0.29, 0.717) is 6.42 Å². The summed E-state index contributed by atoms with van der Waals surface area (Å²) in [6.45, 7) is 2.10. The summed E-state index contributed by atoms with van der Waals surface area (Å²) in [5.74, 6) is -0.926. The number of hydrogen-bond donors (Lipinski definition) is 1. The molecule has 2 aliphatic heterocycles. The van der Waals surface area contributed by atoms with Gasteiger partial charge in [-0.3, -0.25) is 9.59 Å². The summed E-state index contributed by atoms with van der Waals surface area (Å²) in [4.78, 5) is 41.6. The summed E-state index contributed by atoms with van der Waals surface area (Å²) in [5, 5.41) is 4.53. The van der Waals surface area contributed by atoms with E-state index in [2.05, 4.69) is 12.2 Å². The first-order valence-electron chi connectivity index (χ1n) is 13.4. The lowest BCUT2D eigenvalue weighted by Gasteiger charge is -2.52. The van der Waals surface area contributed by atoms with E-state index in [-0.39, 0.29) is 23.6 Å². The van der Waals surface area contributed by atoms with Crippen molar-refractivity contribution in [3.8, 4) is 0 Å². The summed E-state index contributed by atoms with van der Waals surface area (Å²) in [6, 6.07) is 27.2. The predicted octanol–water partition coefficient (Wildman–Crippen LogP) is 5.40. The van der Waals surface area contributed by atoms with Crippen molar-refractivity contribution in [3.05, 3.63) is 119 Å². The van der Waals surface area contributed by atoms with Crippen molar-refractivity contribution in [2.24, 2.45) is 0 Å². The molecule has 0 bridgehead atoms. The molecule has 0 spiro atoms. The lowest BCUT2D eigenvalue weighted by molar-refractivity contribution is -0.165. The Kier molecular flexibility index (Phi) is 8.47. The van der Waals surface area contributed by atoms with E-state index in [0.717, 1.165) is 35.1 Å². The molecular formula is C32H32N2O4S. The third-order valence-electron chi connectivity index (χ3n) is 7.07. The predicted molar refractivity (Wildman–Crippen MR) is 153 cm³/mol. The molecule has 7 heteroatoms. The van der Waals surface area contributed by atoms with Gasteiger partial charge in [-0.1, -0.05) is 104 Å². The molecule has 3 aromatic carbocycles. The van der Waals surface area contributed by atoms with Gasteiger partial charge in [-0.2, -0.15) is 0 Å². The fraction of sp³-hybridized carbons (Fsp3) is 0.281. The van der Waals surface area contributed by atoms with Crippen LogP contribution in [0.5, 0.6) is 0 Å². The quantitative estimate of drug-likeness (QED) is 0.275. The van der Waals surface area contributed by atoms with E-state index < -0.39 is 24.2 Å². The minimum absolute atomic E-state index is 0.195. The first kappa shape index (κ1) is 26.8. The molecule has 6 nitrogen and oxygen atoms in total. The van der Waals surface area contributed by atoms with E-state index in [1.54, 1.807) is 4.90 Å². The standard InChI is InChI=1S/C32H32N2O4S/c1-2-3-15-25-21-39-31-27(33-26(35)20-22-13-7-4-8-14-22)30(36)34(31)28(25)32(37)38-29(23-16-9-5-10-17-23)24-18-11-6-12-19-24/h4-14,16-19,21,27-29,31H,2-3,15,20H2,1H3,(H,33,35)/t27-,28-,31-/m1/s1. The number of amides is 2. The van der Waals surface area contributed by atoms with Gasteiger partial charge in [-0.05, 0) is 40.5 Å². The molecule has 1 saturated heterocycles. The van der Waals surface area contributed by atoms with E-state index in [1.165, 1.54) is 11.8 Å². The van der Waals surface area contributed by atoms with Gasteiger partial charge in [0.1, 0.15) is 11.4 Å². The molecular weight excluding hydrogens is 508 g/mol. The van der Waals surface area contributed by atoms with Crippen LogP contribution in [0, 0.1) is 0 Å². The second-order valence-corrected chi connectivity index (χ2v) is 10.8. The van der Waals surface area contributed by atoms with E-state index in [9.17, 15) is 14.4 Å². The largest absolute Gasteiger partial charge is 0.451 e. The number of carbonyl (C=O) groups excluding carboxylic acids is 3. The number of carbonyl (C=O) groups is 3. The molecule has 0 aliphatic carbocycles. The Balaban J connectivity index is 1.36. The lowest BCUT2D eigenvalue weighted by atomic mass is 9.94. The molecule has 39 heavy (non-hydrogen) atoms. The second kappa shape index (κ2) is 12.3. The maximum atomic E-state index is 13.9. The van der Waals surface area contributed by atoms with Gasteiger partial charge in [0.15, 0.2) is 12.1 Å². The molecule has 2 heterocycles. The Morgan fingerprint density at radius 3 is 2.10 bits per heavy atom. The molecule has 2 amide bonds. The molecule has 200 valence electrons. The number of thioether (sulfide) groups is 1. The SMILES string of the molecule is CCCCC1=CS[C@@H]2[C@H](NC(=O)Cc3ccccc3)C(=O)N2[C@H]1C(=O)OC(c1ccccc1)c1ccccc1. The van der Waals surface area contributed by atoms with Crippen LogP contribution in [0.2, 0.25) is 0 Å². The molecule has 5 rings (SSSR count). The minimum atomic E-state index is -0.813. The van der Waals surface area contributed by atoms with Crippen LogP contribution in [-0.4, -0.2) is 40.1 Å². The van der Waals surface area contributed by atoms with Crippen LogP contribution in [0.4, 0.5) is 0 Å². The third kappa shape index (κ3) is 5.93. The Hall–Kier alpha value is -3.84. The molecule has 0 saturated carbocycles. The van der Waals surface area contributed by atoms with Crippen molar-refractivity contribution in [1.82, 2.24) is 10.2 Å². The molecule has 1 fully saturated rings. The van der Waals surface area contributed by atoms with E-state index >= 15 is 0 Å². The number of fused-ring (bicyclic) bond motifs is 1. The Morgan fingerprint density at radius 1 is 0.923 bits per heavy atom. The monoisotopic (exact) mass is 540 g/mol. The van der Waals surface area contributed by atoms with Crippen molar-refractivity contribution in [2.45, 2.75) is 56.2 Å². The summed E-state index contributed by atoms with van der Waals surface area (Å²) >= 11 is 1.49. The second-order valence-electron chi connectivity index (χ2n) is 9.82. The first-order chi connectivity index (χ1) is 19.1. The number of hydrogen-bond acceptors (Lipinski definition) is 5. The van der Waals surface area contributed by atoms with E-state index in [4.69, 9.17) is 4.74 Å². The van der Waals surface area contributed by atoms with Crippen molar-refractivity contribution in [2.75, 3.05) is 0 Å². The zero-order chi connectivity index (χ0) is 27.2. The van der Waals surface area contributed by atoms with Crippen LogP contribution in [0.25, 0.3) is 0 Å². The van der Waals surface area contributed by atoms with Gasteiger partial charge >= 0.3 is 5.97 Å². The topological polar surface area (TPSA) is 75.7 Å². The van der Waals surface area contributed by atoms with Crippen LogP contribution < -0.4 is 5.32 Å². The summed E-state index contributed by atoms with van der Waals surface area (Å²) in [6.07, 6.45) is 2.17. The highest BCUT2D eigenvalue weighted by atomic mass is 32.2. The summed E-state index contributed by atoms with van der Waals surface area (Å²) in [5.41, 5.74) is 3.48. The number of benzene rings is 3. The number of ether oxygens (including phenoxy) is 1. The molecule has 0 radical (unpaired) electrons. The van der Waals surface area contributed by atoms with Crippen LogP contribution >= 0.6 is 11.8 Å². The Morgan fingerprint density at radius 2 is 1.51 bits per heavy atom. The van der Waals surface area contributed by atoms with Gasteiger partial charge in [0.25, 0.3) is 0 Å². The lowest BCUT2D eigenvalue weighted by Crippen LogP contribution is -2.74. The highest BCUT2D eigenvalue weighted by Gasteiger charge is 2.56. The van der Waals surface area contributed by atoms with Crippen LogP contribution in [-0.2, 0) is 25.5 Å². The number of nitrogens with one attached hydrogen (secondary N) is 1. The van der Waals surface area contributed by atoms with Crippen molar-refractivity contribution in [1.29, 1.82) is 0 Å². The Bertz CT molecular complexity index is 1290. The maximum absolute atomic E-state index is 13.9. The molecule has 1 N–H and O–H groups in total.